The summed E-state index contributed by atoms with van der Waals surface area (Å²) < 4.78 is 5.45. The van der Waals surface area contributed by atoms with Gasteiger partial charge in [-0.05, 0) is 55.2 Å². The molecule has 0 bridgehead atoms. The van der Waals surface area contributed by atoms with Crippen LogP contribution in [0.15, 0.2) is 48.8 Å². The first kappa shape index (κ1) is 18.9. The molecular formula is C22H28N4O2. The van der Waals surface area contributed by atoms with Crippen molar-refractivity contribution in [3.8, 4) is 0 Å². The van der Waals surface area contributed by atoms with Crippen LogP contribution in [0.25, 0.3) is 0 Å². The third kappa shape index (κ3) is 4.88. The first-order valence-corrected chi connectivity index (χ1v) is 10.1. The Bertz CT molecular complexity index is 752. The Morgan fingerprint density at radius 2 is 1.93 bits per heavy atom. The van der Waals surface area contributed by atoms with Gasteiger partial charge in [0, 0.05) is 62.0 Å². The van der Waals surface area contributed by atoms with Crippen molar-refractivity contribution in [2.45, 2.75) is 37.9 Å². The van der Waals surface area contributed by atoms with E-state index in [1.807, 2.05) is 24.3 Å². The SMILES string of the molecule is O=C(NCc1cccnc1)c1ccc(N2CCC(NC3CCOC3)CC2)cc1. The summed E-state index contributed by atoms with van der Waals surface area (Å²) in [7, 11) is 0. The molecule has 1 aromatic carbocycles. The van der Waals surface area contributed by atoms with Gasteiger partial charge < -0.3 is 20.3 Å². The molecule has 2 aliphatic heterocycles. The Balaban J connectivity index is 1.25. The average Bonchev–Trinajstić information content (AvgIpc) is 3.26. The number of aromatic nitrogens is 1. The van der Waals surface area contributed by atoms with E-state index in [4.69, 9.17) is 4.74 Å². The van der Waals surface area contributed by atoms with E-state index in [-0.39, 0.29) is 5.91 Å². The lowest BCUT2D eigenvalue weighted by molar-refractivity contribution is 0.0951. The van der Waals surface area contributed by atoms with Crippen LogP contribution in [0, 0.1) is 0 Å². The molecule has 3 heterocycles. The Kier molecular flexibility index (Phi) is 6.19. The van der Waals surface area contributed by atoms with Crippen molar-refractivity contribution in [2.75, 3.05) is 31.2 Å². The molecule has 2 fully saturated rings. The van der Waals surface area contributed by atoms with Crippen LogP contribution in [-0.2, 0) is 11.3 Å². The van der Waals surface area contributed by atoms with E-state index in [0.717, 1.165) is 51.1 Å². The molecule has 1 aromatic heterocycles. The van der Waals surface area contributed by atoms with Gasteiger partial charge in [-0.3, -0.25) is 9.78 Å². The number of nitrogens with one attached hydrogen (secondary N) is 2. The van der Waals surface area contributed by atoms with Crippen molar-refractivity contribution in [3.05, 3.63) is 59.9 Å². The van der Waals surface area contributed by atoms with E-state index < -0.39 is 0 Å². The van der Waals surface area contributed by atoms with Crippen LogP contribution < -0.4 is 15.5 Å². The Hall–Kier alpha value is -2.44. The number of anilines is 1. The molecule has 0 spiro atoms. The van der Waals surface area contributed by atoms with Crippen molar-refractivity contribution in [2.24, 2.45) is 0 Å². The van der Waals surface area contributed by atoms with E-state index in [9.17, 15) is 4.79 Å². The van der Waals surface area contributed by atoms with Gasteiger partial charge in [-0.1, -0.05) is 6.07 Å². The van der Waals surface area contributed by atoms with Gasteiger partial charge in [-0.15, -0.1) is 0 Å². The number of pyridine rings is 1. The second-order valence-corrected chi connectivity index (χ2v) is 7.58. The molecule has 1 atom stereocenters. The summed E-state index contributed by atoms with van der Waals surface area (Å²) in [5, 5.41) is 6.68. The fourth-order valence-electron chi connectivity index (χ4n) is 3.91. The lowest BCUT2D eigenvalue weighted by atomic mass is 10.0. The number of hydrogen-bond donors (Lipinski definition) is 2. The third-order valence-electron chi connectivity index (χ3n) is 5.57. The Morgan fingerprint density at radius 3 is 2.61 bits per heavy atom. The normalized spacial score (nSPS) is 20.3. The molecule has 2 aromatic rings. The molecule has 6 nitrogen and oxygen atoms in total. The van der Waals surface area contributed by atoms with E-state index in [1.54, 1.807) is 12.4 Å². The zero-order valence-electron chi connectivity index (χ0n) is 16.1. The fraction of sp³-hybridized carbons (Fsp3) is 0.455. The maximum atomic E-state index is 12.3. The van der Waals surface area contributed by atoms with Gasteiger partial charge in [-0.25, -0.2) is 0 Å². The van der Waals surface area contributed by atoms with Crippen molar-refractivity contribution in [1.82, 2.24) is 15.6 Å². The molecule has 1 amide bonds. The van der Waals surface area contributed by atoms with E-state index in [0.29, 0.717) is 24.2 Å². The zero-order chi connectivity index (χ0) is 19.2. The number of hydrogen-bond acceptors (Lipinski definition) is 5. The maximum Gasteiger partial charge on any atom is 0.251 e. The molecule has 2 N–H and O–H groups in total. The summed E-state index contributed by atoms with van der Waals surface area (Å²) in [4.78, 5) is 18.8. The van der Waals surface area contributed by atoms with Crippen LogP contribution in [0.5, 0.6) is 0 Å². The Morgan fingerprint density at radius 1 is 1.11 bits per heavy atom. The Labute approximate surface area is 166 Å². The number of rotatable bonds is 6. The molecule has 0 radical (unpaired) electrons. The number of carbonyl (C=O) groups excluding carboxylic acids is 1. The first-order chi connectivity index (χ1) is 13.8. The molecule has 148 valence electrons. The summed E-state index contributed by atoms with van der Waals surface area (Å²) in [6.07, 6.45) is 6.91. The van der Waals surface area contributed by atoms with Crippen LogP contribution in [0.3, 0.4) is 0 Å². The van der Waals surface area contributed by atoms with Gasteiger partial charge in [0.1, 0.15) is 0 Å². The predicted octanol–water partition coefficient (Wildman–Crippen LogP) is 2.36. The zero-order valence-corrected chi connectivity index (χ0v) is 16.1. The van der Waals surface area contributed by atoms with Crippen LogP contribution in [0.2, 0.25) is 0 Å². The van der Waals surface area contributed by atoms with Crippen LogP contribution in [0.4, 0.5) is 5.69 Å². The number of amides is 1. The summed E-state index contributed by atoms with van der Waals surface area (Å²) in [5.74, 6) is -0.0582. The minimum absolute atomic E-state index is 0.0582. The predicted molar refractivity (Wildman–Crippen MR) is 109 cm³/mol. The number of ether oxygens (including phenoxy) is 1. The molecule has 0 aliphatic carbocycles. The molecule has 2 saturated heterocycles. The second kappa shape index (κ2) is 9.17. The van der Waals surface area contributed by atoms with Crippen molar-refractivity contribution < 1.29 is 9.53 Å². The molecule has 0 saturated carbocycles. The first-order valence-electron chi connectivity index (χ1n) is 10.1. The van der Waals surface area contributed by atoms with Gasteiger partial charge in [0.25, 0.3) is 5.91 Å². The van der Waals surface area contributed by atoms with E-state index in [2.05, 4.69) is 32.7 Å². The summed E-state index contributed by atoms with van der Waals surface area (Å²) in [6, 6.07) is 12.9. The van der Waals surface area contributed by atoms with Crippen LogP contribution >= 0.6 is 0 Å². The highest BCUT2D eigenvalue weighted by molar-refractivity contribution is 5.94. The van der Waals surface area contributed by atoms with Gasteiger partial charge in [-0.2, -0.15) is 0 Å². The van der Waals surface area contributed by atoms with Gasteiger partial charge in [0.2, 0.25) is 0 Å². The van der Waals surface area contributed by atoms with Gasteiger partial charge in [0.05, 0.1) is 6.61 Å². The molecular weight excluding hydrogens is 352 g/mol. The van der Waals surface area contributed by atoms with E-state index in [1.165, 1.54) is 5.69 Å². The standard InChI is InChI=1S/C22H28N4O2/c27-22(24-15-17-2-1-10-23-14-17)18-3-5-21(6-4-18)26-11-7-19(8-12-26)25-20-9-13-28-16-20/h1-6,10,14,19-20,25H,7-9,11-13,15-16H2,(H,24,27). The van der Waals surface area contributed by atoms with Crippen LogP contribution in [0.1, 0.15) is 35.2 Å². The molecule has 1 unspecified atom stereocenters. The minimum atomic E-state index is -0.0582. The summed E-state index contributed by atoms with van der Waals surface area (Å²) in [6.45, 7) is 4.31. The number of carbonyl (C=O) groups is 1. The van der Waals surface area contributed by atoms with Crippen LogP contribution in [-0.4, -0.2) is 49.3 Å². The lowest BCUT2D eigenvalue weighted by Crippen LogP contribution is -2.46. The summed E-state index contributed by atoms with van der Waals surface area (Å²) >= 11 is 0. The monoisotopic (exact) mass is 380 g/mol. The topological polar surface area (TPSA) is 66.5 Å². The third-order valence-corrected chi connectivity index (χ3v) is 5.57. The highest BCUT2D eigenvalue weighted by Gasteiger charge is 2.24. The average molecular weight is 380 g/mol. The molecule has 2 aliphatic rings. The van der Waals surface area contributed by atoms with Crippen molar-refractivity contribution >= 4 is 11.6 Å². The number of benzene rings is 1. The van der Waals surface area contributed by atoms with Gasteiger partial charge >= 0.3 is 0 Å². The highest BCUT2D eigenvalue weighted by Crippen LogP contribution is 2.21. The number of piperidine rings is 1. The van der Waals surface area contributed by atoms with Crippen molar-refractivity contribution in [3.63, 3.8) is 0 Å². The lowest BCUT2D eigenvalue weighted by Gasteiger charge is -2.35. The van der Waals surface area contributed by atoms with E-state index >= 15 is 0 Å². The number of nitrogens with zero attached hydrogens (tertiary/aromatic N) is 2. The van der Waals surface area contributed by atoms with Gasteiger partial charge in [0.15, 0.2) is 0 Å². The fourth-order valence-corrected chi connectivity index (χ4v) is 3.91. The maximum absolute atomic E-state index is 12.3. The second-order valence-electron chi connectivity index (χ2n) is 7.58. The highest BCUT2D eigenvalue weighted by atomic mass is 16.5. The molecule has 28 heavy (non-hydrogen) atoms. The molecule has 6 heteroatoms. The smallest absolute Gasteiger partial charge is 0.251 e. The minimum Gasteiger partial charge on any atom is -0.380 e. The quantitative estimate of drug-likeness (QED) is 0.805. The largest absolute Gasteiger partial charge is 0.380 e. The van der Waals surface area contributed by atoms with Crippen molar-refractivity contribution in [1.29, 1.82) is 0 Å². The summed E-state index contributed by atoms with van der Waals surface area (Å²) in [5.41, 5.74) is 2.87. The molecule has 4 rings (SSSR count).